The van der Waals surface area contributed by atoms with Gasteiger partial charge in [-0.3, -0.25) is 0 Å². The fourth-order valence-corrected chi connectivity index (χ4v) is 2.60. The predicted molar refractivity (Wildman–Crippen MR) is 70.7 cm³/mol. The number of imidazole rings is 1. The lowest BCUT2D eigenvalue weighted by molar-refractivity contribution is 0.460. The molecule has 1 atom stereocenters. The maximum absolute atomic E-state index is 12.1. The van der Waals surface area contributed by atoms with Crippen LogP contribution < -0.4 is 0 Å². The molecule has 0 aliphatic heterocycles. The number of hydrogen-bond donors (Lipinski definition) is 0. The normalized spacial score (nSPS) is 14.2. The van der Waals surface area contributed by atoms with Gasteiger partial charge in [0.1, 0.15) is 0 Å². The maximum atomic E-state index is 12.1. The Hall–Kier alpha value is -0.400. The molecule has 0 saturated carbocycles. The highest BCUT2D eigenvalue weighted by atomic mass is 79.9. The Labute approximate surface area is 111 Å². The van der Waals surface area contributed by atoms with E-state index in [0.29, 0.717) is 17.9 Å². The summed E-state index contributed by atoms with van der Waals surface area (Å²) >= 11 is 3.40. The monoisotopic (exact) mass is 323 g/mol. The molecule has 0 radical (unpaired) electrons. The first-order valence-electron chi connectivity index (χ1n) is 5.50. The number of sulfonamides is 1. The van der Waals surface area contributed by atoms with Crippen LogP contribution in [0.2, 0.25) is 0 Å². The van der Waals surface area contributed by atoms with Gasteiger partial charge in [-0.2, -0.15) is 4.31 Å². The number of aryl methyl sites for hydroxylation is 1. The summed E-state index contributed by atoms with van der Waals surface area (Å²) < 4.78 is 27.3. The lowest BCUT2D eigenvalue weighted by Gasteiger charge is -2.16. The zero-order chi connectivity index (χ0) is 13.1. The number of halogens is 1. The lowest BCUT2D eigenvalue weighted by Crippen LogP contribution is -2.29. The van der Waals surface area contributed by atoms with Crippen LogP contribution in [0.4, 0.5) is 0 Å². The standard InChI is InChI=1S/C10H18BrN3O2S/c1-4-14-7-10(12-8-14)17(15,16)13(3)6-5-9(2)11/h7-9H,4-6H2,1-3H3. The van der Waals surface area contributed by atoms with E-state index >= 15 is 0 Å². The maximum Gasteiger partial charge on any atom is 0.261 e. The first-order valence-corrected chi connectivity index (χ1v) is 7.85. The van der Waals surface area contributed by atoms with Crippen LogP contribution in [0.1, 0.15) is 20.3 Å². The molecule has 1 unspecified atom stereocenters. The zero-order valence-corrected chi connectivity index (χ0v) is 12.7. The number of aromatic nitrogens is 2. The second kappa shape index (κ2) is 5.97. The van der Waals surface area contributed by atoms with Crippen LogP contribution in [-0.4, -0.2) is 40.7 Å². The fourth-order valence-electron chi connectivity index (χ4n) is 1.29. The van der Waals surface area contributed by atoms with Gasteiger partial charge < -0.3 is 4.57 Å². The van der Waals surface area contributed by atoms with Gasteiger partial charge in [-0.1, -0.05) is 22.9 Å². The molecule has 0 saturated heterocycles. The Morgan fingerprint density at radius 1 is 1.59 bits per heavy atom. The van der Waals surface area contributed by atoms with E-state index in [2.05, 4.69) is 20.9 Å². The molecule has 17 heavy (non-hydrogen) atoms. The Morgan fingerprint density at radius 2 is 2.24 bits per heavy atom. The van der Waals surface area contributed by atoms with Crippen molar-refractivity contribution in [3.05, 3.63) is 12.5 Å². The van der Waals surface area contributed by atoms with Gasteiger partial charge >= 0.3 is 0 Å². The van der Waals surface area contributed by atoms with Crippen LogP contribution in [0.3, 0.4) is 0 Å². The van der Waals surface area contributed by atoms with Gasteiger partial charge in [-0.15, -0.1) is 0 Å². The van der Waals surface area contributed by atoms with Gasteiger partial charge in [-0.25, -0.2) is 13.4 Å². The summed E-state index contributed by atoms with van der Waals surface area (Å²) in [5.74, 6) is 0. The molecule has 0 spiro atoms. The minimum absolute atomic E-state index is 0.115. The summed E-state index contributed by atoms with van der Waals surface area (Å²) in [4.78, 5) is 4.23. The number of alkyl halides is 1. The van der Waals surface area contributed by atoms with E-state index in [1.165, 1.54) is 10.6 Å². The van der Waals surface area contributed by atoms with Gasteiger partial charge in [0.25, 0.3) is 10.0 Å². The summed E-state index contributed by atoms with van der Waals surface area (Å²) in [6.45, 7) is 5.12. The number of hydrogen-bond acceptors (Lipinski definition) is 3. The van der Waals surface area contributed by atoms with E-state index < -0.39 is 10.0 Å². The Bertz CT molecular complexity index is 456. The molecule has 0 aromatic carbocycles. The van der Waals surface area contributed by atoms with E-state index in [4.69, 9.17) is 0 Å². The molecule has 0 aliphatic carbocycles. The van der Waals surface area contributed by atoms with Crippen molar-refractivity contribution in [3.8, 4) is 0 Å². The minimum atomic E-state index is -3.44. The van der Waals surface area contributed by atoms with E-state index in [1.807, 2.05) is 13.8 Å². The van der Waals surface area contributed by atoms with Crippen LogP contribution in [0.5, 0.6) is 0 Å². The third kappa shape index (κ3) is 3.79. The van der Waals surface area contributed by atoms with E-state index in [1.54, 1.807) is 17.8 Å². The molecule has 98 valence electrons. The molecular weight excluding hydrogens is 306 g/mol. The minimum Gasteiger partial charge on any atom is -0.336 e. The first kappa shape index (κ1) is 14.7. The summed E-state index contributed by atoms with van der Waals surface area (Å²) in [7, 11) is -1.86. The second-order valence-electron chi connectivity index (χ2n) is 3.94. The predicted octanol–water partition coefficient (Wildman–Crippen LogP) is 1.70. The van der Waals surface area contributed by atoms with Gasteiger partial charge in [0.15, 0.2) is 5.03 Å². The molecular formula is C10H18BrN3O2S. The van der Waals surface area contributed by atoms with E-state index in [-0.39, 0.29) is 5.03 Å². The smallest absolute Gasteiger partial charge is 0.261 e. The first-order chi connectivity index (χ1) is 7.87. The molecule has 1 heterocycles. The molecule has 0 amide bonds. The number of rotatable bonds is 6. The molecule has 1 aromatic rings. The summed E-state index contributed by atoms with van der Waals surface area (Å²) in [6.07, 6.45) is 3.86. The molecule has 0 N–H and O–H groups in total. The Kier molecular flexibility index (Phi) is 5.15. The Morgan fingerprint density at radius 3 is 2.71 bits per heavy atom. The zero-order valence-electron chi connectivity index (χ0n) is 10.3. The SMILES string of the molecule is CCn1cnc(S(=O)(=O)N(C)CCC(C)Br)c1. The van der Waals surface area contributed by atoms with Crippen molar-refractivity contribution in [1.82, 2.24) is 13.9 Å². The van der Waals surface area contributed by atoms with Crippen LogP contribution in [0.15, 0.2) is 17.6 Å². The van der Waals surface area contributed by atoms with Gasteiger partial charge in [0.2, 0.25) is 0 Å². The third-order valence-corrected chi connectivity index (χ3v) is 4.69. The average Bonchev–Trinajstić information content (AvgIpc) is 2.74. The second-order valence-corrected chi connectivity index (χ2v) is 7.49. The highest BCUT2D eigenvalue weighted by Gasteiger charge is 2.23. The number of nitrogens with zero attached hydrogens (tertiary/aromatic N) is 3. The highest BCUT2D eigenvalue weighted by molar-refractivity contribution is 9.09. The lowest BCUT2D eigenvalue weighted by atomic mass is 10.3. The van der Waals surface area contributed by atoms with E-state index in [9.17, 15) is 8.42 Å². The van der Waals surface area contributed by atoms with Gasteiger partial charge in [-0.05, 0) is 13.3 Å². The molecule has 0 aliphatic rings. The van der Waals surface area contributed by atoms with E-state index in [0.717, 1.165) is 6.42 Å². The molecule has 1 aromatic heterocycles. The Balaban J connectivity index is 2.79. The van der Waals surface area contributed by atoms with Gasteiger partial charge in [0.05, 0.1) is 6.33 Å². The molecule has 7 heteroatoms. The summed E-state index contributed by atoms with van der Waals surface area (Å²) in [6, 6.07) is 0. The molecule has 0 bridgehead atoms. The fraction of sp³-hybridized carbons (Fsp3) is 0.700. The van der Waals surface area contributed by atoms with Crippen molar-refractivity contribution in [2.24, 2.45) is 0 Å². The molecule has 1 rings (SSSR count). The third-order valence-electron chi connectivity index (χ3n) is 2.49. The van der Waals surface area contributed by atoms with Crippen LogP contribution in [0, 0.1) is 0 Å². The average molecular weight is 324 g/mol. The van der Waals surface area contributed by atoms with Crippen LogP contribution in [0.25, 0.3) is 0 Å². The topological polar surface area (TPSA) is 55.2 Å². The summed E-state index contributed by atoms with van der Waals surface area (Å²) in [5.41, 5.74) is 0. The largest absolute Gasteiger partial charge is 0.336 e. The van der Waals surface area contributed by atoms with Crippen LogP contribution >= 0.6 is 15.9 Å². The van der Waals surface area contributed by atoms with Crippen molar-refractivity contribution in [2.75, 3.05) is 13.6 Å². The molecule has 0 fully saturated rings. The van der Waals surface area contributed by atoms with Crippen molar-refractivity contribution in [3.63, 3.8) is 0 Å². The summed E-state index contributed by atoms with van der Waals surface area (Å²) in [5, 5.41) is 0.115. The van der Waals surface area contributed by atoms with Crippen molar-refractivity contribution in [2.45, 2.75) is 36.7 Å². The van der Waals surface area contributed by atoms with Crippen molar-refractivity contribution < 1.29 is 8.42 Å². The molecule has 5 nitrogen and oxygen atoms in total. The quantitative estimate of drug-likeness (QED) is 0.749. The van der Waals surface area contributed by atoms with Crippen molar-refractivity contribution in [1.29, 1.82) is 0 Å². The van der Waals surface area contributed by atoms with Gasteiger partial charge in [0, 0.05) is 31.2 Å². The van der Waals surface area contributed by atoms with Crippen LogP contribution in [-0.2, 0) is 16.6 Å². The van der Waals surface area contributed by atoms with Crippen molar-refractivity contribution >= 4 is 26.0 Å². The highest BCUT2D eigenvalue weighted by Crippen LogP contribution is 2.13.